The molecule has 0 atom stereocenters. The van der Waals surface area contributed by atoms with Crippen molar-refractivity contribution < 1.29 is 4.79 Å². The van der Waals surface area contributed by atoms with Crippen molar-refractivity contribution in [2.75, 3.05) is 0 Å². The molecule has 1 aromatic carbocycles. The zero-order valence-electron chi connectivity index (χ0n) is 10.1. The zero-order chi connectivity index (χ0) is 12.1. The standard InChI is InChI=1S/C14H20N2O/c15-16-13(17)14(10-6-1-2-7-11-14)12-8-4-3-5-9-12/h3-5,8-9H,1-2,6-7,10-11,15H2,(H,16,17). The van der Waals surface area contributed by atoms with Gasteiger partial charge in [-0.25, -0.2) is 5.84 Å². The lowest BCUT2D eigenvalue weighted by Crippen LogP contribution is -2.47. The third kappa shape index (κ3) is 2.34. The molecular formula is C14H20N2O. The largest absolute Gasteiger partial charge is 0.293 e. The number of carbonyl (C=O) groups is 1. The molecule has 0 heterocycles. The maximum Gasteiger partial charge on any atom is 0.244 e. The van der Waals surface area contributed by atoms with Crippen molar-refractivity contribution in [3.05, 3.63) is 35.9 Å². The Morgan fingerprint density at radius 2 is 1.65 bits per heavy atom. The maximum atomic E-state index is 12.2. The molecule has 1 aliphatic rings. The summed E-state index contributed by atoms with van der Waals surface area (Å²) in [6, 6.07) is 10.0. The summed E-state index contributed by atoms with van der Waals surface area (Å²) in [6.07, 6.45) is 6.43. The van der Waals surface area contributed by atoms with Gasteiger partial charge >= 0.3 is 0 Å². The van der Waals surface area contributed by atoms with Crippen LogP contribution in [0, 0.1) is 0 Å². The number of hydrogen-bond acceptors (Lipinski definition) is 2. The molecule has 1 aromatic rings. The molecule has 3 N–H and O–H groups in total. The fraction of sp³-hybridized carbons (Fsp3) is 0.500. The van der Waals surface area contributed by atoms with Gasteiger partial charge in [-0.15, -0.1) is 0 Å². The summed E-state index contributed by atoms with van der Waals surface area (Å²) in [4.78, 5) is 12.2. The monoisotopic (exact) mass is 232 g/mol. The minimum absolute atomic E-state index is 0.0365. The maximum absolute atomic E-state index is 12.2. The number of hydrazine groups is 1. The number of amides is 1. The molecule has 3 heteroatoms. The van der Waals surface area contributed by atoms with Gasteiger partial charge in [-0.3, -0.25) is 10.2 Å². The zero-order valence-corrected chi connectivity index (χ0v) is 10.1. The van der Waals surface area contributed by atoms with Gasteiger partial charge in [-0.2, -0.15) is 0 Å². The number of nitrogens with one attached hydrogen (secondary N) is 1. The van der Waals surface area contributed by atoms with Crippen LogP contribution in [0.3, 0.4) is 0 Å². The molecule has 0 unspecified atom stereocenters. The Morgan fingerprint density at radius 1 is 1.06 bits per heavy atom. The number of hydrogen-bond donors (Lipinski definition) is 2. The molecule has 0 aliphatic heterocycles. The van der Waals surface area contributed by atoms with E-state index in [1.54, 1.807) is 0 Å². The highest BCUT2D eigenvalue weighted by Crippen LogP contribution is 2.38. The van der Waals surface area contributed by atoms with Crippen LogP contribution in [0.5, 0.6) is 0 Å². The molecule has 1 amide bonds. The normalized spacial score (nSPS) is 19.4. The second-order valence-corrected chi connectivity index (χ2v) is 4.84. The minimum atomic E-state index is -0.410. The lowest BCUT2D eigenvalue weighted by atomic mass is 9.73. The Kier molecular flexibility index (Phi) is 3.79. The van der Waals surface area contributed by atoms with E-state index in [1.165, 1.54) is 12.8 Å². The Labute approximate surface area is 102 Å². The molecule has 0 spiro atoms. The van der Waals surface area contributed by atoms with E-state index in [0.717, 1.165) is 31.2 Å². The van der Waals surface area contributed by atoms with Crippen molar-refractivity contribution in [3.8, 4) is 0 Å². The average Bonchev–Trinajstić information content (AvgIpc) is 2.65. The van der Waals surface area contributed by atoms with Crippen LogP contribution in [0.25, 0.3) is 0 Å². The number of benzene rings is 1. The SMILES string of the molecule is NNC(=O)C1(c2ccccc2)CCCCCC1. The molecule has 1 fully saturated rings. The third-order valence-corrected chi connectivity index (χ3v) is 3.85. The van der Waals surface area contributed by atoms with Crippen molar-refractivity contribution in [1.82, 2.24) is 5.43 Å². The summed E-state index contributed by atoms with van der Waals surface area (Å²) in [7, 11) is 0. The van der Waals surface area contributed by atoms with E-state index in [9.17, 15) is 4.79 Å². The van der Waals surface area contributed by atoms with Gasteiger partial charge < -0.3 is 0 Å². The highest BCUT2D eigenvalue weighted by atomic mass is 16.2. The van der Waals surface area contributed by atoms with Crippen LogP contribution >= 0.6 is 0 Å². The highest BCUT2D eigenvalue weighted by Gasteiger charge is 2.39. The van der Waals surface area contributed by atoms with Crippen molar-refractivity contribution in [2.24, 2.45) is 5.84 Å². The van der Waals surface area contributed by atoms with Gasteiger partial charge in [-0.1, -0.05) is 56.0 Å². The Hall–Kier alpha value is -1.35. The first kappa shape index (κ1) is 12.1. The molecule has 0 saturated heterocycles. The molecule has 2 rings (SSSR count). The van der Waals surface area contributed by atoms with Crippen LogP contribution in [-0.2, 0) is 10.2 Å². The summed E-state index contributed by atoms with van der Waals surface area (Å²) in [5.41, 5.74) is 3.05. The summed E-state index contributed by atoms with van der Waals surface area (Å²) in [5, 5.41) is 0. The van der Waals surface area contributed by atoms with Crippen LogP contribution in [0.15, 0.2) is 30.3 Å². The van der Waals surface area contributed by atoms with Crippen molar-refractivity contribution in [1.29, 1.82) is 0 Å². The second-order valence-electron chi connectivity index (χ2n) is 4.84. The van der Waals surface area contributed by atoms with Gasteiger partial charge in [0.25, 0.3) is 0 Å². The predicted molar refractivity (Wildman–Crippen MR) is 68.2 cm³/mol. The highest BCUT2D eigenvalue weighted by molar-refractivity contribution is 5.87. The summed E-state index contributed by atoms with van der Waals surface area (Å²) >= 11 is 0. The lowest BCUT2D eigenvalue weighted by molar-refractivity contribution is -0.127. The van der Waals surface area contributed by atoms with E-state index in [-0.39, 0.29) is 5.91 Å². The molecule has 1 saturated carbocycles. The van der Waals surface area contributed by atoms with Crippen LogP contribution in [-0.4, -0.2) is 5.91 Å². The van der Waals surface area contributed by atoms with Gasteiger partial charge in [0.2, 0.25) is 5.91 Å². The Bertz CT molecular complexity index is 367. The first-order valence-electron chi connectivity index (χ1n) is 6.36. The van der Waals surface area contributed by atoms with Crippen molar-refractivity contribution >= 4 is 5.91 Å². The Morgan fingerprint density at radius 3 is 2.18 bits per heavy atom. The van der Waals surface area contributed by atoms with Crippen LogP contribution in [0.4, 0.5) is 0 Å². The molecular weight excluding hydrogens is 212 g/mol. The number of nitrogens with two attached hydrogens (primary N) is 1. The molecule has 3 nitrogen and oxygen atoms in total. The van der Waals surface area contributed by atoms with E-state index in [1.807, 2.05) is 30.3 Å². The molecule has 92 valence electrons. The van der Waals surface area contributed by atoms with E-state index < -0.39 is 5.41 Å². The molecule has 0 radical (unpaired) electrons. The van der Waals surface area contributed by atoms with Crippen LogP contribution in [0.1, 0.15) is 44.1 Å². The summed E-state index contributed by atoms with van der Waals surface area (Å²) < 4.78 is 0. The second kappa shape index (κ2) is 5.32. The molecule has 1 aliphatic carbocycles. The van der Waals surface area contributed by atoms with Crippen LogP contribution in [0.2, 0.25) is 0 Å². The number of rotatable bonds is 2. The van der Waals surface area contributed by atoms with Gasteiger partial charge in [0.1, 0.15) is 0 Å². The minimum Gasteiger partial charge on any atom is -0.293 e. The topological polar surface area (TPSA) is 55.1 Å². The summed E-state index contributed by atoms with van der Waals surface area (Å²) in [6.45, 7) is 0. The molecule has 0 aromatic heterocycles. The third-order valence-electron chi connectivity index (χ3n) is 3.85. The van der Waals surface area contributed by atoms with Crippen LogP contribution < -0.4 is 11.3 Å². The first-order chi connectivity index (χ1) is 8.29. The van der Waals surface area contributed by atoms with Gasteiger partial charge in [0, 0.05) is 0 Å². The van der Waals surface area contributed by atoms with E-state index >= 15 is 0 Å². The quantitative estimate of drug-likeness (QED) is 0.356. The molecule has 0 bridgehead atoms. The van der Waals surface area contributed by atoms with Crippen molar-refractivity contribution in [3.63, 3.8) is 0 Å². The van der Waals surface area contributed by atoms with Crippen molar-refractivity contribution in [2.45, 2.75) is 43.9 Å². The Balaban J connectivity index is 2.38. The van der Waals surface area contributed by atoms with E-state index in [0.29, 0.717) is 0 Å². The first-order valence-corrected chi connectivity index (χ1v) is 6.36. The van der Waals surface area contributed by atoms with E-state index in [4.69, 9.17) is 5.84 Å². The smallest absolute Gasteiger partial charge is 0.244 e. The summed E-state index contributed by atoms with van der Waals surface area (Å²) in [5.74, 6) is 5.34. The fourth-order valence-electron chi connectivity index (χ4n) is 2.87. The average molecular weight is 232 g/mol. The predicted octanol–water partition coefficient (Wildman–Crippen LogP) is 2.27. The van der Waals surface area contributed by atoms with Gasteiger partial charge in [0.05, 0.1) is 5.41 Å². The van der Waals surface area contributed by atoms with Gasteiger partial charge in [-0.05, 0) is 18.4 Å². The van der Waals surface area contributed by atoms with E-state index in [2.05, 4.69) is 5.43 Å². The number of carbonyl (C=O) groups excluding carboxylic acids is 1. The van der Waals surface area contributed by atoms with Gasteiger partial charge in [0.15, 0.2) is 0 Å². The lowest BCUT2D eigenvalue weighted by Gasteiger charge is -2.31. The molecule has 17 heavy (non-hydrogen) atoms. The fourth-order valence-corrected chi connectivity index (χ4v) is 2.87.